The third kappa shape index (κ3) is 1.40. The molecule has 0 aliphatic rings. The second kappa shape index (κ2) is 3.00. The Morgan fingerprint density at radius 1 is 1.23 bits per heavy atom. The number of hydrogen-bond donors (Lipinski definition) is 1. The van der Waals surface area contributed by atoms with Crippen LogP contribution < -0.4 is 0 Å². The fourth-order valence-electron chi connectivity index (χ4n) is 1.27. The molecule has 0 atom stereocenters. The highest BCUT2D eigenvalue weighted by Crippen LogP contribution is 2.29. The zero-order chi connectivity index (χ0) is 9.42. The van der Waals surface area contributed by atoms with Crippen LogP contribution in [0.5, 0.6) is 5.75 Å². The number of aromatic nitrogens is 1. The molecule has 1 heterocycles. The molecule has 0 amide bonds. The Kier molecular flexibility index (Phi) is 1.96. The topological polar surface area (TPSA) is 33.1 Å². The molecule has 2 aromatic rings. The summed E-state index contributed by atoms with van der Waals surface area (Å²) in [6.45, 7) is 1.93. The van der Waals surface area contributed by atoms with E-state index in [0.717, 1.165) is 21.1 Å². The van der Waals surface area contributed by atoms with E-state index in [9.17, 15) is 5.11 Å². The second-order valence-corrected chi connectivity index (χ2v) is 3.77. The van der Waals surface area contributed by atoms with Gasteiger partial charge >= 0.3 is 0 Å². The lowest BCUT2D eigenvalue weighted by Crippen LogP contribution is -1.84. The minimum atomic E-state index is 0.269. The van der Waals surface area contributed by atoms with Gasteiger partial charge in [0, 0.05) is 15.6 Å². The van der Waals surface area contributed by atoms with Crippen molar-refractivity contribution < 1.29 is 5.11 Å². The van der Waals surface area contributed by atoms with Gasteiger partial charge in [-0.1, -0.05) is 0 Å². The highest BCUT2D eigenvalue weighted by molar-refractivity contribution is 9.10. The summed E-state index contributed by atoms with van der Waals surface area (Å²) in [5, 5.41) is 10.3. The van der Waals surface area contributed by atoms with Gasteiger partial charge in [0.05, 0.1) is 5.52 Å². The maximum atomic E-state index is 9.53. The maximum Gasteiger partial charge on any atom is 0.125 e. The van der Waals surface area contributed by atoms with E-state index < -0.39 is 0 Å². The summed E-state index contributed by atoms with van der Waals surface area (Å²) in [6.07, 6.45) is 0. The molecule has 1 N–H and O–H groups in total. The van der Waals surface area contributed by atoms with Gasteiger partial charge in [0.25, 0.3) is 0 Å². The van der Waals surface area contributed by atoms with E-state index in [0.29, 0.717) is 0 Å². The van der Waals surface area contributed by atoms with Crippen molar-refractivity contribution in [2.45, 2.75) is 6.92 Å². The first-order valence-corrected chi connectivity index (χ1v) is 4.72. The van der Waals surface area contributed by atoms with Crippen LogP contribution in [0.3, 0.4) is 0 Å². The lowest BCUT2D eigenvalue weighted by atomic mass is 10.2. The quantitative estimate of drug-likeness (QED) is 0.765. The van der Waals surface area contributed by atoms with Crippen molar-refractivity contribution in [2.75, 3.05) is 0 Å². The Balaban J connectivity index is 2.92. The predicted molar refractivity (Wildman–Crippen MR) is 55.8 cm³/mol. The van der Waals surface area contributed by atoms with Crippen LogP contribution in [0.25, 0.3) is 10.9 Å². The van der Waals surface area contributed by atoms with Crippen molar-refractivity contribution in [2.24, 2.45) is 0 Å². The van der Waals surface area contributed by atoms with Crippen LogP contribution in [0.2, 0.25) is 0 Å². The Hall–Kier alpha value is -1.09. The molecule has 0 radical (unpaired) electrons. The molecule has 3 heteroatoms. The zero-order valence-electron chi connectivity index (χ0n) is 7.08. The normalized spacial score (nSPS) is 10.6. The van der Waals surface area contributed by atoms with Gasteiger partial charge in [-0.15, -0.1) is 0 Å². The van der Waals surface area contributed by atoms with Gasteiger partial charge in [-0.25, -0.2) is 0 Å². The highest BCUT2D eigenvalue weighted by atomic mass is 79.9. The van der Waals surface area contributed by atoms with Crippen LogP contribution in [0.4, 0.5) is 0 Å². The molecule has 0 spiro atoms. The molecule has 2 nitrogen and oxygen atoms in total. The van der Waals surface area contributed by atoms with Gasteiger partial charge < -0.3 is 5.11 Å². The van der Waals surface area contributed by atoms with Crippen molar-refractivity contribution >= 4 is 26.8 Å². The molecule has 1 aromatic heterocycles. The van der Waals surface area contributed by atoms with Gasteiger partial charge in [0.1, 0.15) is 5.75 Å². The molecule has 0 fully saturated rings. The SMILES string of the molecule is Cc1ccc2c(O)ccc(Br)c2n1. The molecule has 0 aliphatic carbocycles. The minimum absolute atomic E-state index is 0.269. The molecule has 0 saturated heterocycles. The lowest BCUT2D eigenvalue weighted by Gasteiger charge is -2.02. The number of fused-ring (bicyclic) bond motifs is 1. The first kappa shape index (κ1) is 8.51. The van der Waals surface area contributed by atoms with Crippen molar-refractivity contribution in [1.29, 1.82) is 0 Å². The molecule has 66 valence electrons. The van der Waals surface area contributed by atoms with Crippen LogP contribution in [-0.2, 0) is 0 Å². The molecule has 1 aromatic carbocycles. The number of hydrogen-bond acceptors (Lipinski definition) is 2. The summed E-state index contributed by atoms with van der Waals surface area (Å²) in [4.78, 5) is 4.33. The second-order valence-electron chi connectivity index (χ2n) is 2.92. The standard InChI is InChI=1S/C10H8BrNO/c1-6-2-3-7-9(13)5-4-8(11)10(7)12-6/h2-5,13H,1H3. The average Bonchev–Trinajstić information content (AvgIpc) is 2.12. The van der Waals surface area contributed by atoms with E-state index in [-0.39, 0.29) is 5.75 Å². The number of benzene rings is 1. The van der Waals surface area contributed by atoms with Gasteiger partial charge in [-0.05, 0) is 47.1 Å². The fraction of sp³-hybridized carbons (Fsp3) is 0.100. The van der Waals surface area contributed by atoms with Crippen molar-refractivity contribution in [3.63, 3.8) is 0 Å². The zero-order valence-corrected chi connectivity index (χ0v) is 8.67. The van der Waals surface area contributed by atoms with Crippen molar-refractivity contribution in [1.82, 2.24) is 4.98 Å². The monoisotopic (exact) mass is 237 g/mol. The van der Waals surface area contributed by atoms with Crippen LogP contribution in [0, 0.1) is 6.92 Å². The van der Waals surface area contributed by atoms with E-state index in [1.807, 2.05) is 19.1 Å². The summed E-state index contributed by atoms with van der Waals surface area (Å²) in [7, 11) is 0. The number of phenols is 1. The van der Waals surface area contributed by atoms with Crippen LogP contribution in [0.15, 0.2) is 28.7 Å². The third-order valence-electron chi connectivity index (χ3n) is 1.92. The molecule has 0 aliphatic heterocycles. The van der Waals surface area contributed by atoms with Crippen molar-refractivity contribution in [3.8, 4) is 5.75 Å². The molecule has 0 saturated carbocycles. The van der Waals surface area contributed by atoms with E-state index in [1.54, 1.807) is 12.1 Å². The molecule has 2 rings (SSSR count). The van der Waals surface area contributed by atoms with E-state index in [2.05, 4.69) is 20.9 Å². The number of halogens is 1. The number of aromatic hydroxyl groups is 1. The number of pyridine rings is 1. The number of rotatable bonds is 0. The maximum absolute atomic E-state index is 9.53. The van der Waals surface area contributed by atoms with E-state index in [4.69, 9.17) is 0 Å². The minimum Gasteiger partial charge on any atom is -0.507 e. The summed E-state index contributed by atoms with van der Waals surface area (Å²) in [5.74, 6) is 0.269. The Morgan fingerprint density at radius 2 is 2.00 bits per heavy atom. The predicted octanol–water partition coefficient (Wildman–Crippen LogP) is 3.01. The van der Waals surface area contributed by atoms with Crippen LogP contribution in [0.1, 0.15) is 5.69 Å². The Morgan fingerprint density at radius 3 is 2.77 bits per heavy atom. The van der Waals surface area contributed by atoms with Gasteiger partial charge in [-0.2, -0.15) is 0 Å². The summed E-state index contributed by atoms with van der Waals surface area (Å²) >= 11 is 3.39. The summed E-state index contributed by atoms with van der Waals surface area (Å²) in [6, 6.07) is 7.21. The van der Waals surface area contributed by atoms with Crippen molar-refractivity contribution in [3.05, 3.63) is 34.4 Å². The van der Waals surface area contributed by atoms with E-state index >= 15 is 0 Å². The first-order chi connectivity index (χ1) is 6.18. The number of phenolic OH excluding ortho intramolecular Hbond substituents is 1. The van der Waals surface area contributed by atoms with Crippen LogP contribution in [-0.4, -0.2) is 10.1 Å². The number of nitrogens with zero attached hydrogens (tertiary/aromatic N) is 1. The molecular weight excluding hydrogens is 230 g/mol. The highest BCUT2D eigenvalue weighted by Gasteiger charge is 2.03. The lowest BCUT2D eigenvalue weighted by molar-refractivity contribution is 0.481. The molecule has 0 bridgehead atoms. The van der Waals surface area contributed by atoms with Gasteiger partial charge in [0.2, 0.25) is 0 Å². The van der Waals surface area contributed by atoms with Gasteiger partial charge in [-0.3, -0.25) is 4.98 Å². The Bertz CT molecular complexity index is 468. The largest absolute Gasteiger partial charge is 0.507 e. The number of aryl methyl sites for hydroxylation is 1. The van der Waals surface area contributed by atoms with E-state index in [1.165, 1.54) is 0 Å². The van der Waals surface area contributed by atoms with Crippen LogP contribution >= 0.6 is 15.9 Å². The molecular formula is C10H8BrNO. The molecule has 13 heavy (non-hydrogen) atoms. The third-order valence-corrected chi connectivity index (χ3v) is 2.56. The summed E-state index contributed by atoms with van der Waals surface area (Å²) < 4.78 is 0.906. The average molecular weight is 238 g/mol. The van der Waals surface area contributed by atoms with Gasteiger partial charge in [0.15, 0.2) is 0 Å². The first-order valence-electron chi connectivity index (χ1n) is 3.93. The smallest absolute Gasteiger partial charge is 0.125 e. The molecule has 0 unspecified atom stereocenters. The summed E-state index contributed by atoms with van der Waals surface area (Å²) in [5.41, 5.74) is 1.75. The fourth-order valence-corrected chi connectivity index (χ4v) is 1.70. The Labute approximate surface area is 84.4 Å².